The zero-order chi connectivity index (χ0) is 17.8. The summed E-state index contributed by atoms with van der Waals surface area (Å²) in [6.45, 7) is 4.80. The van der Waals surface area contributed by atoms with Crippen LogP contribution in [0.1, 0.15) is 26.7 Å². The molecule has 6 nitrogen and oxygen atoms in total. The van der Waals surface area contributed by atoms with Gasteiger partial charge in [0.05, 0.1) is 35.4 Å². The second-order valence-electron chi connectivity index (χ2n) is 6.29. The van der Waals surface area contributed by atoms with E-state index in [-0.39, 0.29) is 29.5 Å². The highest BCUT2D eigenvalue weighted by Gasteiger charge is 2.20. The van der Waals surface area contributed by atoms with Gasteiger partial charge in [0, 0.05) is 6.61 Å². The number of esters is 1. The van der Waals surface area contributed by atoms with Crippen LogP contribution >= 0.6 is 11.8 Å². The molecule has 2 aromatic rings. The number of fused-ring (bicyclic) bond motifs is 1. The number of para-hydroxylation sites is 1. The Morgan fingerprint density at radius 1 is 1.44 bits per heavy atom. The summed E-state index contributed by atoms with van der Waals surface area (Å²) in [7, 11) is 0. The molecule has 1 aliphatic heterocycles. The summed E-state index contributed by atoms with van der Waals surface area (Å²) in [6.07, 6.45) is 1.79. The standard InChI is InChI=1S/C18H22N2O4S/c1-12(2)24-16(21)11-25-18-19-15-8-4-3-7-14(15)17(22)20(18)10-13-6-5-9-23-13/h3-4,7-8,12-13H,5-6,9-11H2,1-2H3/t13-/m1/s1. The third-order valence-electron chi connectivity index (χ3n) is 3.92. The zero-order valence-corrected chi connectivity index (χ0v) is 15.3. The molecule has 1 aromatic carbocycles. The molecule has 0 saturated carbocycles. The number of hydrogen-bond donors (Lipinski definition) is 0. The van der Waals surface area contributed by atoms with Crippen LogP contribution in [0, 0.1) is 0 Å². The molecule has 0 aliphatic carbocycles. The highest BCUT2D eigenvalue weighted by Crippen LogP contribution is 2.21. The van der Waals surface area contributed by atoms with Gasteiger partial charge in [-0.1, -0.05) is 23.9 Å². The van der Waals surface area contributed by atoms with Crippen LogP contribution in [-0.4, -0.2) is 40.1 Å². The van der Waals surface area contributed by atoms with E-state index in [1.165, 1.54) is 11.8 Å². The van der Waals surface area contributed by atoms with Crippen LogP contribution < -0.4 is 5.56 Å². The van der Waals surface area contributed by atoms with Gasteiger partial charge in [-0.3, -0.25) is 14.2 Å². The van der Waals surface area contributed by atoms with Crippen molar-refractivity contribution in [2.45, 2.75) is 50.6 Å². The molecular formula is C18H22N2O4S. The van der Waals surface area contributed by atoms with E-state index in [1.54, 1.807) is 10.6 Å². The summed E-state index contributed by atoms with van der Waals surface area (Å²) in [5.74, 6) is -0.194. The number of benzene rings is 1. The van der Waals surface area contributed by atoms with Crippen molar-refractivity contribution in [1.29, 1.82) is 0 Å². The molecule has 0 radical (unpaired) electrons. The molecule has 134 valence electrons. The summed E-state index contributed by atoms with van der Waals surface area (Å²) in [4.78, 5) is 29.3. The topological polar surface area (TPSA) is 70.4 Å². The van der Waals surface area contributed by atoms with Gasteiger partial charge in [0.2, 0.25) is 0 Å². The van der Waals surface area contributed by atoms with Crippen molar-refractivity contribution in [3.8, 4) is 0 Å². The number of carbonyl (C=O) groups excluding carboxylic acids is 1. The highest BCUT2D eigenvalue weighted by atomic mass is 32.2. The number of thioether (sulfide) groups is 1. The Bertz CT molecular complexity index is 812. The van der Waals surface area contributed by atoms with E-state index in [2.05, 4.69) is 4.98 Å². The predicted molar refractivity (Wildman–Crippen MR) is 96.9 cm³/mol. The van der Waals surface area contributed by atoms with E-state index in [4.69, 9.17) is 9.47 Å². The molecule has 7 heteroatoms. The van der Waals surface area contributed by atoms with Crippen LogP contribution in [-0.2, 0) is 20.8 Å². The van der Waals surface area contributed by atoms with Crippen molar-refractivity contribution in [3.63, 3.8) is 0 Å². The monoisotopic (exact) mass is 362 g/mol. The lowest BCUT2D eigenvalue weighted by molar-refractivity contribution is -0.144. The number of ether oxygens (including phenoxy) is 2. The zero-order valence-electron chi connectivity index (χ0n) is 14.4. The van der Waals surface area contributed by atoms with E-state index in [0.29, 0.717) is 22.6 Å². The number of aromatic nitrogens is 2. The second-order valence-corrected chi connectivity index (χ2v) is 7.23. The molecule has 0 spiro atoms. The van der Waals surface area contributed by atoms with Crippen LogP contribution in [0.15, 0.2) is 34.2 Å². The Balaban J connectivity index is 1.90. The average molecular weight is 362 g/mol. The first kappa shape index (κ1) is 17.9. The fourth-order valence-corrected chi connectivity index (χ4v) is 3.62. The number of rotatable bonds is 6. The van der Waals surface area contributed by atoms with Gasteiger partial charge in [0.15, 0.2) is 5.16 Å². The molecule has 0 N–H and O–H groups in total. The summed E-state index contributed by atoms with van der Waals surface area (Å²) in [6, 6.07) is 7.26. The van der Waals surface area contributed by atoms with Crippen molar-refractivity contribution < 1.29 is 14.3 Å². The van der Waals surface area contributed by atoms with Gasteiger partial charge in [-0.05, 0) is 38.8 Å². The summed E-state index contributed by atoms with van der Waals surface area (Å²) >= 11 is 1.23. The third kappa shape index (κ3) is 4.41. The first-order valence-electron chi connectivity index (χ1n) is 8.48. The number of carbonyl (C=O) groups is 1. The minimum Gasteiger partial charge on any atom is -0.462 e. The summed E-state index contributed by atoms with van der Waals surface area (Å²) in [5.41, 5.74) is 0.539. The Hall–Kier alpha value is -1.86. The maximum absolute atomic E-state index is 12.9. The second kappa shape index (κ2) is 8.01. The lowest BCUT2D eigenvalue weighted by atomic mass is 10.2. The lowest BCUT2D eigenvalue weighted by Crippen LogP contribution is -2.29. The molecule has 1 aromatic heterocycles. The third-order valence-corrected chi connectivity index (χ3v) is 4.87. The largest absolute Gasteiger partial charge is 0.462 e. The van der Waals surface area contributed by atoms with E-state index >= 15 is 0 Å². The number of nitrogens with zero attached hydrogens (tertiary/aromatic N) is 2. The first-order chi connectivity index (χ1) is 12.0. The molecule has 2 heterocycles. The van der Waals surface area contributed by atoms with Crippen molar-refractivity contribution in [3.05, 3.63) is 34.6 Å². The molecule has 1 fully saturated rings. The van der Waals surface area contributed by atoms with Gasteiger partial charge in [-0.25, -0.2) is 4.98 Å². The van der Waals surface area contributed by atoms with E-state index in [9.17, 15) is 9.59 Å². The summed E-state index contributed by atoms with van der Waals surface area (Å²) in [5, 5.41) is 1.11. The highest BCUT2D eigenvalue weighted by molar-refractivity contribution is 7.99. The number of hydrogen-bond acceptors (Lipinski definition) is 6. The van der Waals surface area contributed by atoms with Gasteiger partial charge in [-0.2, -0.15) is 0 Å². The molecule has 1 atom stereocenters. The Morgan fingerprint density at radius 3 is 2.96 bits per heavy atom. The van der Waals surface area contributed by atoms with E-state index in [1.807, 2.05) is 32.0 Å². The van der Waals surface area contributed by atoms with Crippen molar-refractivity contribution in [2.75, 3.05) is 12.4 Å². The molecular weight excluding hydrogens is 340 g/mol. The first-order valence-corrected chi connectivity index (χ1v) is 9.46. The van der Waals surface area contributed by atoms with Gasteiger partial charge in [0.1, 0.15) is 0 Å². The molecule has 1 saturated heterocycles. The van der Waals surface area contributed by atoms with Crippen molar-refractivity contribution in [2.24, 2.45) is 0 Å². The van der Waals surface area contributed by atoms with Gasteiger partial charge in [-0.15, -0.1) is 0 Å². The van der Waals surface area contributed by atoms with Crippen LogP contribution in [0.5, 0.6) is 0 Å². The maximum Gasteiger partial charge on any atom is 0.316 e. The molecule has 0 unspecified atom stereocenters. The fourth-order valence-electron chi connectivity index (χ4n) is 2.83. The SMILES string of the molecule is CC(C)OC(=O)CSc1nc2ccccc2c(=O)n1C[C@H]1CCCO1. The predicted octanol–water partition coefficient (Wildman–Crippen LogP) is 2.62. The molecule has 25 heavy (non-hydrogen) atoms. The Kier molecular flexibility index (Phi) is 5.75. The summed E-state index contributed by atoms with van der Waals surface area (Å²) < 4.78 is 12.5. The lowest BCUT2D eigenvalue weighted by Gasteiger charge is -2.16. The average Bonchev–Trinajstić information content (AvgIpc) is 3.08. The fraction of sp³-hybridized carbons (Fsp3) is 0.500. The minimum absolute atomic E-state index is 0.0163. The molecule has 0 amide bonds. The molecule has 1 aliphatic rings. The van der Waals surface area contributed by atoms with Crippen LogP contribution in [0.25, 0.3) is 10.9 Å². The van der Waals surface area contributed by atoms with Crippen molar-refractivity contribution in [1.82, 2.24) is 9.55 Å². The van der Waals surface area contributed by atoms with E-state index < -0.39 is 0 Å². The maximum atomic E-state index is 12.9. The van der Waals surface area contributed by atoms with Crippen molar-refractivity contribution >= 4 is 28.6 Å². The Labute approximate surface area is 150 Å². The van der Waals surface area contributed by atoms with Crippen LogP contribution in [0.4, 0.5) is 0 Å². The van der Waals surface area contributed by atoms with Gasteiger partial charge >= 0.3 is 5.97 Å². The van der Waals surface area contributed by atoms with Crippen LogP contribution in [0.2, 0.25) is 0 Å². The Morgan fingerprint density at radius 2 is 2.24 bits per heavy atom. The normalized spacial score (nSPS) is 17.3. The molecule has 0 bridgehead atoms. The van der Waals surface area contributed by atoms with E-state index in [0.717, 1.165) is 19.4 Å². The van der Waals surface area contributed by atoms with Gasteiger partial charge < -0.3 is 9.47 Å². The minimum atomic E-state index is -0.314. The van der Waals surface area contributed by atoms with Crippen LogP contribution in [0.3, 0.4) is 0 Å². The smallest absolute Gasteiger partial charge is 0.316 e. The van der Waals surface area contributed by atoms with Gasteiger partial charge in [0.25, 0.3) is 5.56 Å². The quantitative estimate of drug-likeness (QED) is 0.447. The molecule has 3 rings (SSSR count).